The molecule has 0 amide bonds. The Labute approximate surface area is 446 Å². The Bertz CT molecular complexity index is 4660. The largest absolute Gasteiger partial charge is 0.310 e. The number of para-hydroxylation sites is 5. The van der Waals surface area contributed by atoms with E-state index in [1.165, 1.54) is 116 Å². The Kier molecular flexibility index (Phi) is 8.69. The SMILES string of the molecule is c1ccc(C2(c3ccccc3)c3ccccc3-c3ccc(N(c4ccc(-n5c6ccccc6c6ccccc65)cc4)c4cccc5c4-c4ccccc4C54c5ccccc5-n5c6ccccc6c6cccc4c65)cc32)cc1. The highest BCUT2D eigenvalue weighted by atomic mass is 15.1. The van der Waals surface area contributed by atoms with Crippen LogP contribution in [0.1, 0.15) is 44.5 Å². The van der Waals surface area contributed by atoms with Crippen LogP contribution in [0.3, 0.4) is 0 Å². The molecule has 3 nitrogen and oxygen atoms in total. The van der Waals surface area contributed by atoms with Crippen molar-refractivity contribution in [1.82, 2.24) is 9.13 Å². The summed E-state index contributed by atoms with van der Waals surface area (Å²) in [4.78, 5) is 2.56. The van der Waals surface area contributed by atoms with Gasteiger partial charge in [-0.25, -0.2) is 0 Å². The van der Waals surface area contributed by atoms with Gasteiger partial charge in [-0.3, -0.25) is 0 Å². The average molecular weight is 978 g/mol. The summed E-state index contributed by atoms with van der Waals surface area (Å²) in [5.74, 6) is 0. The number of fused-ring (bicyclic) bond motifs is 18. The van der Waals surface area contributed by atoms with Crippen LogP contribution >= 0.6 is 0 Å². The molecule has 0 bridgehead atoms. The van der Waals surface area contributed by atoms with E-state index in [2.05, 4.69) is 299 Å². The first-order chi connectivity index (χ1) is 38.2. The molecule has 77 heavy (non-hydrogen) atoms. The molecule has 0 saturated heterocycles. The third-order valence-corrected chi connectivity index (χ3v) is 17.6. The van der Waals surface area contributed by atoms with Gasteiger partial charge in [0.1, 0.15) is 0 Å². The summed E-state index contributed by atoms with van der Waals surface area (Å²) in [5, 5.41) is 5.05. The molecule has 2 aliphatic carbocycles. The molecule has 14 aromatic rings. The number of hydrogen-bond donors (Lipinski definition) is 0. The quantitative estimate of drug-likeness (QED) is 0.162. The van der Waals surface area contributed by atoms with Crippen molar-refractivity contribution in [3.05, 3.63) is 330 Å². The first-order valence-corrected chi connectivity index (χ1v) is 26.8. The highest BCUT2D eigenvalue weighted by Crippen LogP contribution is 2.64. The van der Waals surface area contributed by atoms with E-state index in [-0.39, 0.29) is 0 Å². The van der Waals surface area contributed by atoms with Crippen molar-refractivity contribution < 1.29 is 0 Å². The zero-order chi connectivity index (χ0) is 50.4. The minimum absolute atomic E-state index is 0.575. The molecule has 17 rings (SSSR count). The van der Waals surface area contributed by atoms with Crippen molar-refractivity contribution in [3.63, 3.8) is 0 Å². The summed E-state index contributed by atoms with van der Waals surface area (Å²) in [6, 6.07) is 107. The van der Waals surface area contributed by atoms with Gasteiger partial charge in [-0.05, 0) is 128 Å². The lowest BCUT2D eigenvalue weighted by Crippen LogP contribution is -2.33. The van der Waals surface area contributed by atoms with E-state index in [1.54, 1.807) is 0 Å². The number of nitrogens with zero attached hydrogens (tertiary/aromatic N) is 3. The molecular formula is C74H47N3. The second kappa shape index (κ2) is 15.8. The Morgan fingerprint density at radius 1 is 0.286 bits per heavy atom. The minimum Gasteiger partial charge on any atom is -0.310 e. The van der Waals surface area contributed by atoms with Gasteiger partial charge in [-0.1, -0.05) is 218 Å². The van der Waals surface area contributed by atoms with Crippen LogP contribution in [0.25, 0.3) is 77.2 Å². The van der Waals surface area contributed by atoms with Crippen LogP contribution < -0.4 is 4.90 Å². The Balaban J connectivity index is 0.959. The summed E-state index contributed by atoms with van der Waals surface area (Å²) < 4.78 is 4.95. The van der Waals surface area contributed by atoms with Gasteiger partial charge in [-0.2, -0.15) is 0 Å². The zero-order valence-electron chi connectivity index (χ0n) is 42.0. The summed E-state index contributed by atoms with van der Waals surface area (Å²) in [6.45, 7) is 0. The van der Waals surface area contributed by atoms with Crippen LogP contribution in [-0.4, -0.2) is 9.13 Å². The lowest BCUT2D eigenvalue weighted by molar-refractivity contribution is 0.748. The van der Waals surface area contributed by atoms with Crippen LogP contribution in [-0.2, 0) is 10.8 Å². The van der Waals surface area contributed by atoms with Crippen molar-refractivity contribution in [3.8, 4) is 33.6 Å². The average Bonchev–Trinajstić information content (AvgIpc) is 4.42. The molecule has 0 saturated carbocycles. The van der Waals surface area contributed by atoms with Gasteiger partial charge in [0.15, 0.2) is 0 Å². The molecular weight excluding hydrogens is 931 g/mol. The fourth-order valence-electron chi connectivity index (χ4n) is 14.7. The van der Waals surface area contributed by atoms with Crippen LogP contribution in [0.2, 0.25) is 0 Å². The van der Waals surface area contributed by atoms with Gasteiger partial charge in [0.2, 0.25) is 0 Å². The van der Waals surface area contributed by atoms with E-state index >= 15 is 0 Å². The van der Waals surface area contributed by atoms with Gasteiger partial charge >= 0.3 is 0 Å². The number of anilines is 3. The van der Waals surface area contributed by atoms with E-state index in [4.69, 9.17) is 0 Å². The second-order valence-corrected chi connectivity index (χ2v) is 21.0. The lowest BCUT2D eigenvalue weighted by Gasteiger charge is -2.39. The monoisotopic (exact) mass is 977 g/mol. The number of hydrogen-bond acceptors (Lipinski definition) is 1. The Morgan fingerprint density at radius 3 is 1.45 bits per heavy atom. The maximum absolute atomic E-state index is 2.56. The lowest BCUT2D eigenvalue weighted by atomic mass is 9.65. The molecule has 1 atom stereocenters. The molecule has 2 aromatic heterocycles. The van der Waals surface area contributed by atoms with E-state index in [1.807, 2.05) is 0 Å². The van der Waals surface area contributed by atoms with Crippen molar-refractivity contribution in [2.45, 2.75) is 10.8 Å². The first kappa shape index (κ1) is 42.4. The summed E-state index contributed by atoms with van der Waals surface area (Å²) >= 11 is 0. The minimum atomic E-state index is -0.607. The third kappa shape index (κ3) is 5.44. The Hall–Kier alpha value is -9.96. The predicted octanol–water partition coefficient (Wildman–Crippen LogP) is 18.4. The molecule has 1 aliphatic heterocycles. The molecule has 3 heteroatoms. The predicted molar refractivity (Wildman–Crippen MR) is 318 cm³/mol. The highest BCUT2D eigenvalue weighted by Gasteiger charge is 2.52. The molecule has 3 aliphatic rings. The molecule has 358 valence electrons. The third-order valence-electron chi connectivity index (χ3n) is 17.6. The fourth-order valence-corrected chi connectivity index (χ4v) is 14.7. The van der Waals surface area contributed by atoms with Gasteiger partial charge in [0.05, 0.1) is 44.3 Å². The highest BCUT2D eigenvalue weighted by molar-refractivity contribution is 6.14. The zero-order valence-corrected chi connectivity index (χ0v) is 42.0. The molecule has 1 spiro atoms. The van der Waals surface area contributed by atoms with Crippen LogP contribution in [0.4, 0.5) is 17.1 Å². The summed E-state index contributed by atoms with van der Waals surface area (Å²) in [6.07, 6.45) is 0. The fraction of sp³-hybridized carbons (Fsp3) is 0.0270. The number of aromatic nitrogens is 2. The normalized spacial score (nSPS) is 15.2. The van der Waals surface area contributed by atoms with Gasteiger partial charge in [0.25, 0.3) is 0 Å². The van der Waals surface area contributed by atoms with Crippen molar-refractivity contribution in [2.24, 2.45) is 0 Å². The van der Waals surface area contributed by atoms with Gasteiger partial charge in [0, 0.05) is 44.2 Å². The smallest absolute Gasteiger partial charge is 0.0755 e. The molecule has 0 fully saturated rings. The van der Waals surface area contributed by atoms with E-state index in [0.29, 0.717) is 0 Å². The number of benzene rings is 12. The van der Waals surface area contributed by atoms with Crippen molar-refractivity contribution in [1.29, 1.82) is 0 Å². The standard InChI is InChI=1S/C74H47N3/c1-3-21-48(22-4-1)73(49-23-5-2-6-24-49)60-31-12-7-25-53(60)54-46-45-52(47-65(54)73)75(50-41-43-51(44-42-50)76-66-36-15-9-26-55(66)56-27-10-16-37-67(56)76)70-40-20-34-63-71(70)59-29-8-13-32-61(59)74(63)62-33-14-18-39-69(62)77-68-38-17-11-28-57(68)58-30-19-35-64(74)72(58)77/h1-47H. The van der Waals surface area contributed by atoms with Gasteiger partial charge < -0.3 is 14.0 Å². The molecule has 1 unspecified atom stereocenters. The maximum Gasteiger partial charge on any atom is 0.0755 e. The van der Waals surface area contributed by atoms with Crippen molar-refractivity contribution >= 4 is 60.7 Å². The van der Waals surface area contributed by atoms with Gasteiger partial charge in [-0.15, -0.1) is 0 Å². The molecule has 12 aromatic carbocycles. The first-order valence-electron chi connectivity index (χ1n) is 26.8. The van der Waals surface area contributed by atoms with Crippen LogP contribution in [0.15, 0.2) is 285 Å². The van der Waals surface area contributed by atoms with E-state index in [0.717, 1.165) is 22.7 Å². The Morgan fingerprint density at radius 2 is 0.766 bits per heavy atom. The topological polar surface area (TPSA) is 13.1 Å². The van der Waals surface area contributed by atoms with Crippen LogP contribution in [0, 0.1) is 0 Å². The molecule has 3 heterocycles. The second-order valence-electron chi connectivity index (χ2n) is 21.0. The number of rotatable bonds is 6. The van der Waals surface area contributed by atoms with E-state index < -0.39 is 10.8 Å². The molecule has 0 N–H and O–H groups in total. The molecule has 0 radical (unpaired) electrons. The van der Waals surface area contributed by atoms with Crippen molar-refractivity contribution in [2.75, 3.05) is 4.90 Å². The summed E-state index contributed by atoms with van der Waals surface area (Å²) in [5.41, 5.74) is 24.6. The summed E-state index contributed by atoms with van der Waals surface area (Å²) in [7, 11) is 0. The maximum atomic E-state index is 2.56. The van der Waals surface area contributed by atoms with E-state index in [9.17, 15) is 0 Å². The van der Waals surface area contributed by atoms with Crippen LogP contribution in [0.5, 0.6) is 0 Å².